The van der Waals surface area contributed by atoms with Crippen molar-refractivity contribution in [3.05, 3.63) is 76.8 Å². The number of phenols is 1. The van der Waals surface area contributed by atoms with E-state index in [4.69, 9.17) is 11.6 Å². The molecule has 2 N–H and O–H groups in total. The molecule has 0 spiro atoms. The molecule has 110 valence electrons. The first-order valence-corrected chi connectivity index (χ1v) is 7.26. The van der Waals surface area contributed by atoms with Gasteiger partial charge in [0.15, 0.2) is 0 Å². The molecule has 3 aromatic rings. The summed E-state index contributed by atoms with van der Waals surface area (Å²) in [4.78, 5) is 12.4. The number of carbonyl (C=O) groups excluding carboxylic acids is 1. The number of carbonyl (C=O) groups is 1. The van der Waals surface area contributed by atoms with Gasteiger partial charge in [-0.2, -0.15) is 0 Å². The molecule has 4 heteroatoms. The van der Waals surface area contributed by atoms with Crippen LogP contribution in [0.25, 0.3) is 10.8 Å². The third-order valence-corrected chi connectivity index (χ3v) is 3.75. The predicted molar refractivity (Wildman–Crippen MR) is 88.2 cm³/mol. The minimum Gasteiger partial charge on any atom is -0.507 e. The number of phenolic OH excluding ortho intramolecular Hbond substituents is 1. The standard InChI is InChI=1S/C18H14ClNO2/c19-14-8-5-12(6-9-14)11-20-18(22)17-15-4-2-1-3-13(15)7-10-16(17)21/h1-10,21H,11H2,(H,20,22). The first-order valence-electron chi connectivity index (χ1n) is 6.88. The van der Waals surface area contributed by atoms with E-state index in [9.17, 15) is 9.90 Å². The number of halogens is 1. The van der Waals surface area contributed by atoms with Gasteiger partial charge in [0.1, 0.15) is 5.75 Å². The summed E-state index contributed by atoms with van der Waals surface area (Å²) in [6, 6.07) is 18.1. The van der Waals surface area contributed by atoms with Crippen LogP contribution in [0.4, 0.5) is 0 Å². The number of fused-ring (bicyclic) bond motifs is 1. The topological polar surface area (TPSA) is 49.3 Å². The van der Waals surface area contributed by atoms with E-state index in [0.29, 0.717) is 17.1 Å². The lowest BCUT2D eigenvalue weighted by molar-refractivity contribution is 0.0950. The molecule has 0 aliphatic rings. The van der Waals surface area contributed by atoms with Gasteiger partial charge < -0.3 is 10.4 Å². The molecule has 0 saturated heterocycles. The van der Waals surface area contributed by atoms with Crippen molar-refractivity contribution in [2.24, 2.45) is 0 Å². The zero-order valence-corrected chi connectivity index (χ0v) is 12.5. The Morgan fingerprint density at radius 2 is 1.73 bits per heavy atom. The van der Waals surface area contributed by atoms with Crippen molar-refractivity contribution in [3.8, 4) is 5.75 Å². The lowest BCUT2D eigenvalue weighted by atomic mass is 10.0. The van der Waals surface area contributed by atoms with E-state index in [1.165, 1.54) is 0 Å². The van der Waals surface area contributed by atoms with E-state index in [-0.39, 0.29) is 11.7 Å². The zero-order chi connectivity index (χ0) is 15.5. The second kappa shape index (κ2) is 6.08. The molecule has 3 rings (SSSR count). The summed E-state index contributed by atoms with van der Waals surface area (Å²) in [5, 5.41) is 15.2. The van der Waals surface area contributed by atoms with E-state index in [1.807, 2.05) is 36.4 Å². The Bertz CT molecular complexity index is 828. The lowest BCUT2D eigenvalue weighted by Crippen LogP contribution is -2.23. The molecule has 0 heterocycles. The molecule has 0 aliphatic carbocycles. The molecule has 3 aromatic carbocycles. The maximum atomic E-state index is 12.4. The smallest absolute Gasteiger partial charge is 0.255 e. The van der Waals surface area contributed by atoms with Crippen LogP contribution in [0.2, 0.25) is 5.02 Å². The SMILES string of the molecule is O=C(NCc1ccc(Cl)cc1)c1c(O)ccc2ccccc12. The number of aromatic hydroxyl groups is 1. The summed E-state index contributed by atoms with van der Waals surface area (Å²) in [6.07, 6.45) is 0. The molecular formula is C18H14ClNO2. The van der Waals surface area contributed by atoms with Crippen molar-refractivity contribution in [1.82, 2.24) is 5.32 Å². The molecule has 3 nitrogen and oxygen atoms in total. The molecule has 0 atom stereocenters. The van der Waals surface area contributed by atoms with Gasteiger partial charge in [0.2, 0.25) is 0 Å². The maximum absolute atomic E-state index is 12.4. The molecule has 0 aliphatic heterocycles. The van der Waals surface area contributed by atoms with E-state index in [2.05, 4.69) is 5.32 Å². The van der Waals surface area contributed by atoms with Crippen LogP contribution in [0.5, 0.6) is 5.75 Å². The monoisotopic (exact) mass is 311 g/mol. The molecule has 0 unspecified atom stereocenters. The van der Waals surface area contributed by atoms with Gasteiger partial charge in [-0.15, -0.1) is 0 Å². The van der Waals surface area contributed by atoms with Gasteiger partial charge in [0, 0.05) is 11.6 Å². The van der Waals surface area contributed by atoms with Crippen molar-refractivity contribution in [2.45, 2.75) is 6.54 Å². The Labute approximate surface area is 133 Å². The highest BCUT2D eigenvalue weighted by atomic mass is 35.5. The molecule has 22 heavy (non-hydrogen) atoms. The highest BCUT2D eigenvalue weighted by Crippen LogP contribution is 2.27. The van der Waals surface area contributed by atoms with Crippen molar-refractivity contribution < 1.29 is 9.90 Å². The average Bonchev–Trinajstić information content (AvgIpc) is 2.54. The minimum atomic E-state index is -0.302. The van der Waals surface area contributed by atoms with Crippen LogP contribution in [0.3, 0.4) is 0 Å². The molecule has 0 fully saturated rings. The van der Waals surface area contributed by atoms with Crippen LogP contribution in [-0.2, 0) is 6.54 Å². The Kier molecular flexibility index (Phi) is 3.98. The predicted octanol–water partition coefficient (Wildman–Crippen LogP) is 4.13. The van der Waals surface area contributed by atoms with Gasteiger partial charge in [0.05, 0.1) is 5.56 Å². The van der Waals surface area contributed by atoms with Crippen molar-refractivity contribution in [1.29, 1.82) is 0 Å². The van der Waals surface area contributed by atoms with Gasteiger partial charge >= 0.3 is 0 Å². The zero-order valence-electron chi connectivity index (χ0n) is 11.7. The van der Waals surface area contributed by atoms with Crippen LogP contribution >= 0.6 is 11.6 Å². The van der Waals surface area contributed by atoms with Crippen LogP contribution in [0.15, 0.2) is 60.7 Å². The fraction of sp³-hybridized carbons (Fsp3) is 0.0556. The highest BCUT2D eigenvalue weighted by molar-refractivity contribution is 6.30. The Morgan fingerprint density at radius 1 is 1.00 bits per heavy atom. The molecule has 0 aromatic heterocycles. The van der Waals surface area contributed by atoms with Gasteiger partial charge in [-0.3, -0.25) is 4.79 Å². The van der Waals surface area contributed by atoms with Crippen LogP contribution in [-0.4, -0.2) is 11.0 Å². The van der Waals surface area contributed by atoms with Gasteiger partial charge in [-0.05, 0) is 34.5 Å². The van der Waals surface area contributed by atoms with Crippen LogP contribution in [0, 0.1) is 0 Å². The second-order valence-corrected chi connectivity index (χ2v) is 5.43. The first kappa shape index (κ1) is 14.4. The van der Waals surface area contributed by atoms with E-state index >= 15 is 0 Å². The summed E-state index contributed by atoms with van der Waals surface area (Å²) in [5.41, 5.74) is 1.24. The van der Waals surface area contributed by atoms with Crippen LogP contribution < -0.4 is 5.32 Å². The van der Waals surface area contributed by atoms with Gasteiger partial charge in [-0.25, -0.2) is 0 Å². The second-order valence-electron chi connectivity index (χ2n) is 4.99. The van der Waals surface area contributed by atoms with Gasteiger partial charge in [0.25, 0.3) is 5.91 Å². The fourth-order valence-corrected chi connectivity index (χ4v) is 2.50. The summed E-state index contributed by atoms with van der Waals surface area (Å²) in [5.74, 6) is -0.323. The lowest BCUT2D eigenvalue weighted by Gasteiger charge is -2.10. The largest absolute Gasteiger partial charge is 0.507 e. The van der Waals surface area contributed by atoms with Crippen molar-refractivity contribution >= 4 is 28.3 Å². The number of nitrogens with one attached hydrogen (secondary N) is 1. The summed E-state index contributed by atoms with van der Waals surface area (Å²) >= 11 is 5.84. The summed E-state index contributed by atoms with van der Waals surface area (Å²) < 4.78 is 0. The first-order chi connectivity index (χ1) is 10.6. The molecule has 1 amide bonds. The molecular weight excluding hydrogens is 298 g/mol. The van der Waals surface area contributed by atoms with E-state index in [1.54, 1.807) is 24.3 Å². The Hall–Kier alpha value is -2.52. The normalized spacial score (nSPS) is 10.6. The maximum Gasteiger partial charge on any atom is 0.255 e. The average molecular weight is 312 g/mol. The molecule has 0 saturated carbocycles. The Balaban J connectivity index is 1.86. The fourth-order valence-electron chi connectivity index (χ4n) is 2.37. The van der Waals surface area contributed by atoms with Crippen LogP contribution in [0.1, 0.15) is 15.9 Å². The number of amides is 1. The highest BCUT2D eigenvalue weighted by Gasteiger charge is 2.14. The Morgan fingerprint density at radius 3 is 2.50 bits per heavy atom. The van der Waals surface area contributed by atoms with E-state index in [0.717, 1.165) is 16.3 Å². The quantitative estimate of drug-likeness (QED) is 0.764. The minimum absolute atomic E-state index is 0.0210. The summed E-state index contributed by atoms with van der Waals surface area (Å²) in [7, 11) is 0. The summed E-state index contributed by atoms with van der Waals surface area (Å²) in [6.45, 7) is 0.374. The number of benzene rings is 3. The number of hydrogen-bond donors (Lipinski definition) is 2. The molecule has 0 bridgehead atoms. The number of rotatable bonds is 3. The number of hydrogen-bond acceptors (Lipinski definition) is 2. The van der Waals surface area contributed by atoms with Gasteiger partial charge in [-0.1, -0.05) is 54.1 Å². The van der Waals surface area contributed by atoms with E-state index < -0.39 is 0 Å². The third-order valence-electron chi connectivity index (χ3n) is 3.50. The third kappa shape index (κ3) is 2.90. The molecule has 0 radical (unpaired) electrons. The van der Waals surface area contributed by atoms with Crippen molar-refractivity contribution in [2.75, 3.05) is 0 Å². The van der Waals surface area contributed by atoms with Crippen molar-refractivity contribution in [3.63, 3.8) is 0 Å².